The highest BCUT2D eigenvalue weighted by atomic mass is 32.1. The van der Waals surface area contributed by atoms with Gasteiger partial charge in [0.2, 0.25) is 11.8 Å². The average Bonchev–Trinajstić information content (AvgIpc) is 3.32. The fourth-order valence-corrected chi connectivity index (χ4v) is 4.00. The zero-order valence-electron chi connectivity index (χ0n) is 15.6. The fraction of sp³-hybridized carbons (Fsp3) is 0.263. The first-order chi connectivity index (χ1) is 13.5. The number of rotatable bonds is 8. The van der Waals surface area contributed by atoms with Gasteiger partial charge >= 0.3 is 0 Å². The van der Waals surface area contributed by atoms with Crippen LogP contribution in [0.25, 0.3) is 0 Å². The summed E-state index contributed by atoms with van der Waals surface area (Å²) in [6, 6.07) is 7.62. The Morgan fingerprint density at radius 3 is 2.71 bits per heavy atom. The molecule has 0 saturated heterocycles. The zero-order chi connectivity index (χ0) is 19.9. The van der Waals surface area contributed by atoms with Gasteiger partial charge in [-0.15, -0.1) is 22.7 Å². The quantitative estimate of drug-likeness (QED) is 0.591. The first-order valence-corrected chi connectivity index (χ1v) is 10.4. The van der Waals surface area contributed by atoms with Gasteiger partial charge in [0.05, 0.1) is 18.5 Å². The molecule has 0 aliphatic heterocycles. The van der Waals surface area contributed by atoms with Crippen molar-refractivity contribution >= 4 is 45.4 Å². The smallest absolute Gasteiger partial charge is 0.231 e. The van der Waals surface area contributed by atoms with E-state index in [9.17, 15) is 9.59 Å². The molecule has 2 amide bonds. The van der Waals surface area contributed by atoms with E-state index in [-0.39, 0.29) is 18.2 Å². The molecule has 0 aliphatic rings. The molecule has 0 radical (unpaired) electrons. The number of hydrogen-bond donors (Lipinski definition) is 2. The van der Waals surface area contributed by atoms with E-state index in [0.717, 1.165) is 16.3 Å². The summed E-state index contributed by atoms with van der Waals surface area (Å²) in [4.78, 5) is 35.8. The van der Waals surface area contributed by atoms with Crippen LogP contribution in [0.1, 0.15) is 16.1 Å². The average molecular weight is 416 g/mol. The van der Waals surface area contributed by atoms with Crippen molar-refractivity contribution in [3.05, 3.63) is 57.4 Å². The number of carbonyl (C=O) groups excluding carboxylic acids is 2. The van der Waals surface area contributed by atoms with Crippen molar-refractivity contribution < 1.29 is 9.59 Å². The molecule has 3 heterocycles. The molecule has 3 rings (SSSR count). The number of thiophene rings is 1. The van der Waals surface area contributed by atoms with E-state index in [4.69, 9.17) is 0 Å². The Morgan fingerprint density at radius 2 is 1.96 bits per heavy atom. The number of nitrogens with one attached hydrogen (secondary N) is 2. The van der Waals surface area contributed by atoms with Crippen LogP contribution in [-0.4, -0.2) is 35.9 Å². The highest BCUT2D eigenvalue weighted by molar-refractivity contribution is 7.14. The molecule has 7 nitrogen and oxygen atoms in total. The number of anilines is 2. The molecule has 0 bridgehead atoms. The van der Waals surface area contributed by atoms with Crippen LogP contribution in [-0.2, 0) is 29.0 Å². The molecule has 0 aromatic carbocycles. The molecule has 3 aromatic heterocycles. The lowest BCUT2D eigenvalue weighted by atomic mass is 10.2. The molecule has 3 aromatic rings. The third-order valence-corrected chi connectivity index (χ3v) is 5.50. The number of aromatic nitrogens is 2. The Balaban J connectivity index is 1.49. The predicted molar refractivity (Wildman–Crippen MR) is 113 cm³/mol. The minimum Gasteiger partial charge on any atom is -0.362 e. The first-order valence-electron chi connectivity index (χ1n) is 8.66. The van der Waals surface area contributed by atoms with Crippen molar-refractivity contribution in [2.45, 2.75) is 19.4 Å². The fourth-order valence-electron chi connectivity index (χ4n) is 2.57. The highest BCUT2D eigenvalue weighted by Gasteiger charge is 2.12. The molecule has 0 unspecified atom stereocenters. The van der Waals surface area contributed by atoms with Crippen LogP contribution in [0.5, 0.6) is 0 Å². The van der Waals surface area contributed by atoms with Gasteiger partial charge in [0.15, 0.2) is 5.13 Å². The Bertz CT molecular complexity index is 937. The Kier molecular flexibility index (Phi) is 6.72. The van der Waals surface area contributed by atoms with Gasteiger partial charge in [-0.05, 0) is 17.5 Å². The lowest BCUT2D eigenvalue weighted by Crippen LogP contribution is -2.26. The van der Waals surface area contributed by atoms with Crippen molar-refractivity contribution in [3.8, 4) is 0 Å². The minimum atomic E-state index is -0.129. The molecule has 0 fully saturated rings. The third-order valence-electron chi connectivity index (χ3n) is 3.82. The maximum Gasteiger partial charge on any atom is 0.231 e. The normalized spacial score (nSPS) is 10.5. The number of hydrogen-bond acceptors (Lipinski definition) is 7. The summed E-state index contributed by atoms with van der Waals surface area (Å²) in [7, 11) is 3.83. The molecule has 2 N–H and O–H groups in total. The van der Waals surface area contributed by atoms with Gasteiger partial charge < -0.3 is 15.5 Å². The molecule has 9 heteroatoms. The number of amides is 2. The highest BCUT2D eigenvalue weighted by Crippen LogP contribution is 2.18. The maximum absolute atomic E-state index is 12.2. The van der Waals surface area contributed by atoms with Gasteiger partial charge in [0, 0.05) is 42.7 Å². The van der Waals surface area contributed by atoms with E-state index in [1.807, 2.05) is 48.6 Å². The summed E-state index contributed by atoms with van der Waals surface area (Å²) in [6.07, 6.45) is 2.21. The first kappa shape index (κ1) is 20.0. The number of pyridine rings is 1. The third kappa shape index (κ3) is 5.61. The van der Waals surface area contributed by atoms with Crippen LogP contribution >= 0.6 is 22.7 Å². The molecule has 0 spiro atoms. The van der Waals surface area contributed by atoms with Crippen LogP contribution in [0.15, 0.2) is 41.2 Å². The summed E-state index contributed by atoms with van der Waals surface area (Å²) < 4.78 is 0. The van der Waals surface area contributed by atoms with E-state index in [1.165, 1.54) is 11.3 Å². The Hall–Kier alpha value is -2.78. The number of carbonyl (C=O) groups is 2. The van der Waals surface area contributed by atoms with Gasteiger partial charge in [-0.2, -0.15) is 0 Å². The topological polar surface area (TPSA) is 87.2 Å². The molecule has 146 valence electrons. The largest absolute Gasteiger partial charge is 0.362 e. The minimum absolute atomic E-state index is 0.111. The van der Waals surface area contributed by atoms with Crippen LogP contribution < -0.4 is 15.5 Å². The van der Waals surface area contributed by atoms with Gasteiger partial charge in [0.25, 0.3) is 0 Å². The SMILES string of the molecule is CN(C)c1ncccc1CNC(=O)Cc1csc(NC(=O)Cc2cccs2)n1. The van der Waals surface area contributed by atoms with E-state index in [1.54, 1.807) is 22.9 Å². The van der Waals surface area contributed by atoms with Crippen molar-refractivity contribution in [2.75, 3.05) is 24.3 Å². The monoisotopic (exact) mass is 415 g/mol. The van der Waals surface area contributed by atoms with Crippen molar-refractivity contribution in [3.63, 3.8) is 0 Å². The summed E-state index contributed by atoms with van der Waals surface area (Å²) in [5.41, 5.74) is 1.58. The second kappa shape index (κ2) is 9.43. The van der Waals surface area contributed by atoms with Crippen LogP contribution in [0, 0.1) is 0 Å². The lowest BCUT2D eigenvalue weighted by Gasteiger charge is -2.16. The number of nitrogens with zero attached hydrogens (tertiary/aromatic N) is 3. The molecule has 0 aliphatic carbocycles. The van der Waals surface area contributed by atoms with Crippen LogP contribution in [0.3, 0.4) is 0 Å². The lowest BCUT2D eigenvalue weighted by molar-refractivity contribution is -0.120. The molecular formula is C19H21N5O2S2. The van der Waals surface area contributed by atoms with Crippen molar-refractivity contribution in [2.24, 2.45) is 0 Å². The summed E-state index contributed by atoms with van der Waals surface area (Å²) in [6.45, 7) is 0.398. The Morgan fingerprint density at radius 1 is 1.11 bits per heavy atom. The summed E-state index contributed by atoms with van der Waals surface area (Å²) in [5.74, 6) is 0.586. The van der Waals surface area contributed by atoms with E-state index in [2.05, 4.69) is 20.6 Å². The maximum atomic E-state index is 12.2. The summed E-state index contributed by atoms with van der Waals surface area (Å²) in [5, 5.41) is 9.91. The standard InChI is InChI=1S/C19H21N5O2S2/c1-24(2)18-13(5-3-7-20-18)11-21-16(25)9-14-12-28-19(22-14)23-17(26)10-15-6-4-8-27-15/h3-8,12H,9-11H2,1-2H3,(H,21,25)(H,22,23,26). The van der Waals surface area contributed by atoms with E-state index < -0.39 is 0 Å². The predicted octanol–water partition coefficient (Wildman–Crippen LogP) is 2.71. The van der Waals surface area contributed by atoms with Crippen LogP contribution in [0.4, 0.5) is 10.9 Å². The second-order valence-electron chi connectivity index (χ2n) is 6.28. The zero-order valence-corrected chi connectivity index (χ0v) is 17.3. The second-order valence-corrected chi connectivity index (χ2v) is 8.17. The summed E-state index contributed by atoms with van der Waals surface area (Å²) >= 11 is 2.86. The van der Waals surface area contributed by atoms with Crippen molar-refractivity contribution in [1.82, 2.24) is 15.3 Å². The van der Waals surface area contributed by atoms with E-state index in [0.29, 0.717) is 23.8 Å². The molecular weight excluding hydrogens is 394 g/mol. The van der Waals surface area contributed by atoms with Crippen molar-refractivity contribution in [1.29, 1.82) is 0 Å². The van der Waals surface area contributed by atoms with Gasteiger partial charge in [-0.3, -0.25) is 9.59 Å². The van der Waals surface area contributed by atoms with Crippen LogP contribution in [0.2, 0.25) is 0 Å². The van der Waals surface area contributed by atoms with Gasteiger partial charge in [-0.25, -0.2) is 9.97 Å². The van der Waals surface area contributed by atoms with E-state index >= 15 is 0 Å². The van der Waals surface area contributed by atoms with Gasteiger partial charge in [0.1, 0.15) is 5.82 Å². The molecule has 28 heavy (non-hydrogen) atoms. The molecule has 0 saturated carbocycles. The Labute approximate surface area is 171 Å². The van der Waals surface area contributed by atoms with Gasteiger partial charge in [-0.1, -0.05) is 12.1 Å². The number of thiazole rings is 1. The molecule has 0 atom stereocenters.